The highest BCUT2D eigenvalue weighted by Crippen LogP contribution is 2.24. The Morgan fingerprint density at radius 1 is 1.33 bits per heavy atom. The lowest BCUT2D eigenvalue weighted by atomic mass is 10.2. The van der Waals surface area contributed by atoms with Crippen molar-refractivity contribution in [1.29, 1.82) is 0 Å². The largest absolute Gasteiger partial charge is 0.477 e. The molecule has 0 atom stereocenters. The van der Waals surface area contributed by atoms with Gasteiger partial charge in [0.2, 0.25) is 5.88 Å². The van der Waals surface area contributed by atoms with Gasteiger partial charge in [-0.25, -0.2) is 9.78 Å². The van der Waals surface area contributed by atoms with Gasteiger partial charge in [0.15, 0.2) is 0 Å². The normalized spacial score (nSPS) is 10.0. The molecule has 2 heterocycles. The van der Waals surface area contributed by atoms with Crippen LogP contribution in [0.1, 0.15) is 27.0 Å². The quantitative estimate of drug-likeness (QED) is 0.859. The van der Waals surface area contributed by atoms with Crippen molar-refractivity contribution in [2.45, 2.75) is 6.92 Å². The van der Waals surface area contributed by atoms with Crippen molar-refractivity contribution in [3.8, 4) is 5.88 Å². The minimum Gasteiger partial charge on any atom is -0.477 e. The molecule has 21 heavy (non-hydrogen) atoms. The molecule has 0 aliphatic heterocycles. The summed E-state index contributed by atoms with van der Waals surface area (Å²) in [6, 6.07) is 6.53. The molecule has 0 fully saturated rings. The number of aromatic nitrogens is 1. The van der Waals surface area contributed by atoms with E-state index in [9.17, 15) is 9.59 Å². The second kappa shape index (κ2) is 6.85. The van der Waals surface area contributed by atoms with E-state index in [0.29, 0.717) is 22.0 Å². The Balaban J connectivity index is 2.14. The van der Waals surface area contributed by atoms with Crippen LogP contribution in [0.2, 0.25) is 0 Å². The molecule has 1 N–H and O–H groups in total. The first-order chi connectivity index (χ1) is 10.2. The van der Waals surface area contributed by atoms with Gasteiger partial charge in [-0.1, -0.05) is 0 Å². The first-order valence-electron chi connectivity index (χ1n) is 6.23. The van der Waals surface area contributed by atoms with Gasteiger partial charge >= 0.3 is 5.97 Å². The molecule has 0 spiro atoms. The number of amides is 1. The van der Waals surface area contributed by atoms with Crippen LogP contribution < -0.4 is 10.1 Å². The molecular formula is C14H14N2O4S. The van der Waals surface area contributed by atoms with E-state index in [1.54, 1.807) is 30.5 Å². The smallest absolute Gasteiger partial charge is 0.348 e. The van der Waals surface area contributed by atoms with Crippen molar-refractivity contribution in [3.63, 3.8) is 0 Å². The summed E-state index contributed by atoms with van der Waals surface area (Å²) in [5, 5.41) is 3.26. The molecule has 0 unspecified atom stereocenters. The average molecular weight is 306 g/mol. The Morgan fingerprint density at radius 3 is 2.86 bits per heavy atom. The summed E-state index contributed by atoms with van der Waals surface area (Å²) in [5.41, 5.74) is 0.340. The van der Waals surface area contributed by atoms with E-state index in [0.717, 1.165) is 11.3 Å². The molecule has 2 aromatic rings. The van der Waals surface area contributed by atoms with Crippen LogP contribution in [-0.4, -0.2) is 30.6 Å². The summed E-state index contributed by atoms with van der Waals surface area (Å²) in [6.07, 6.45) is 1.56. The van der Waals surface area contributed by atoms with Crippen molar-refractivity contribution >= 4 is 28.2 Å². The number of nitrogens with one attached hydrogen (secondary N) is 1. The predicted molar refractivity (Wildman–Crippen MR) is 79.0 cm³/mol. The lowest BCUT2D eigenvalue weighted by Crippen LogP contribution is -2.13. The Hall–Kier alpha value is -2.41. The third kappa shape index (κ3) is 3.57. The molecule has 110 valence electrons. The van der Waals surface area contributed by atoms with E-state index in [1.165, 1.54) is 7.11 Å². The SMILES string of the molecule is CCOc1ncccc1C(=O)Nc1ccc(C(=O)OC)s1. The molecule has 0 aliphatic carbocycles. The summed E-state index contributed by atoms with van der Waals surface area (Å²) in [7, 11) is 1.31. The Bertz CT molecular complexity index is 654. The fourth-order valence-corrected chi connectivity index (χ4v) is 2.43. The highest BCUT2D eigenvalue weighted by atomic mass is 32.1. The van der Waals surface area contributed by atoms with Crippen LogP contribution in [-0.2, 0) is 4.74 Å². The van der Waals surface area contributed by atoms with Gasteiger partial charge in [-0.05, 0) is 31.2 Å². The molecule has 0 saturated carbocycles. The summed E-state index contributed by atoms with van der Waals surface area (Å²) in [6.45, 7) is 2.24. The van der Waals surface area contributed by atoms with Gasteiger partial charge in [0.1, 0.15) is 10.4 Å². The molecular weight excluding hydrogens is 292 g/mol. The topological polar surface area (TPSA) is 77.5 Å². The average Bonchev–Trinajstić information content (AvgIpc) is 2.95. The maximum absolute atomic E-state index is 12.2. The van der Waals surface area contributed by atoms with Gasteiger partial charge in [-0.15, -0.1) is 11.3 Å². The van der Waals surface area contributed by atoms with Crippen LogP contribution in [0.5, 0.6) is 5.88 Å². The monoisotopic (exact) mass is 306 g/mol. The number of carbonyl (C=O) groups is 2. The second-order valence-electron chi connectivity index (χ2n) is 3.90. The minimum absolute atomic E-state index is 0.280. The number of nitrogens with zero attached hydrogens (tertiary/aromatic N) is 1. The van der Waals surface area contributed by atoms with Crippen molar-refractivity contribution < 1.29 is 19.1 Å². The van der Waals surface area contributed by atoms with Gasteiger partial charge in [0, 0.05) is 6.20 Å². The number of methoxy groups -OCH3 is 1. The molecule has 0 radical (unpaired) electrons. The number of esters is 1. The summed E-state index contributed by atoms with van der Waals surface area (Å²) >= 11 is 1.14. The minimum atomic E-state index is -0.433. The number of thiophene rings is 1. The van der Waals surface area contributed by atoms with Crippen molar-refractivity contribution in [2.75, 3.05) is 19.0 Å². The standard InChI is InChI=1S/C14H14N2O4S/c1-3-20-13-9(5-4-8-15-13)12(17)16-11-7-6-10(21-11)14(18)19-2/h4-8H,3H2,1-2H3,(H,16,17). The first kappa shape index (κ1) is 15.0. The van der Waals surface area contributed by atoms with Crippen molar-refractivity contribution in [2.24, 2.45) is 0 Å². The fraction of sp³-hybridized carbons (Fsp3) is 0.214. The van der Waals surface area contributed by atoms with Crippen molar-refractivity contribution in [3.05, 3.63) is 40.9 Å². The molecule has 6 nitrogen and oxygen atoms in total. The van der Waals surface area contributed by atoms with E-state index < -0.39 is 5.97 Å². The number of carbonyl (C=O) groups excluding carboxylic acids is 2. The molecule has 0 bridgehead atoms. The van der Waals surface area contributed by atoms with Gasteiger partial charge in [-0.3, -0.25) is 4.79 Å². The first-order valence-corrected chi connectivity index (χ1v) is 7.04. The Labute approximate surface area is 125 Å². The zero-order valence-corrected chi connectivity index (χ0v) is 12.4. The summed E-state index contributed by atoms with van der Waals surface area (Å²) in [4.78, 5) is 28.0. The van der Waals surface area contributed by atoms with Crippen molar-refractivity contribution in [1.82, 2.24) is 4.98 Å². The maximum atomic E-state index is 12.2. The van der Waals surface area contributed by atoms with Gasteiger partial charge in [0.05, 0.1) is 18.7 Å². The van der Waals surface area contributed by atoms with Crippen LogP contribution in [0.4, 0.5) is 5.00 Å². The van der Waals surface area contributed by atoms with Crippen LogP contribution in [0.3, 0.4) is 0 Å². The van der Waals surface area contributed by atoms with E-state index in [4.69, 9.17) is 4.74 Å². The Morgan fingerprint density at radius 2 is 2.14 bits per heavy atom. The van der Waals surface area contributed by atoms with E-state index in [1.807, 2.05) is 6.92 Å². The predicted octanol–water partition coefficient (Wildman–Crippen LogP) is 2.58. The van der Waals surface area contributed by atoms with Crippen LogP contribution in [0.25, 0.3) is 0 Å². The second-order valence-corrected chi connectivity index (χ2v) is 4.98. The van der Waals surface area contributed by atoms with Gasteiger partial charge in [-0.2, -0.15) is 0 Å². The van der Waals surface area contributed by atoms with E-state index in [2.05, 4.69) is 15.0 Å². The number of ether oxygens (including phenoxy) is 2. The summed E-state index contributed by atoms with van der Waals surface area (Å²) < 4.78 is 9.93. The summed E-state index contributed by atoms with van der Waals surface area (Å²) in [5.74, 6) is -0.496. The van der Waals surface area contributed by atoms with Crippen LogP contribution in [0.15, 0.2) is 30.5 Å². The Kier molecular flexibility index (Phi) is 4.89. The van der Waals surface area contributed by atoms with E-state index in [-0.39, 0.29) is 11.8 Å². The molecule has 2 rings (SSSR count). The lowest BCUT2D eigenvalue weighted by molar-refractivity contribution is 0.0606. The number of anilines is 1. The third-order valence-corrected chi connectivity index (χ3v) is 3.51. The lowest BCUT2D eigenvalue weighted by Gasteiger charge is -2.08. The third-order valence-electron chi connectivity index (χ3n) is 2.53. The molecule has 0 saturated heterocycles. The van der Waals surface area contributed by atoms with Crippen LogP contribution in [0, 0.1) is 0 Å². The molecule has 1 amide bonds. The zero-order chi connectivity index (χ0) is 15.2. The van der Waals surface area contributed by atoms with Gasteiger partial charge < -0.3 is 14.8 Å². The van der Waals surface area contributed by atoms with E-state index >= 15 is 0 Å². The number of hydrogen-bond donors (Lipinski definition) is 1. The highest BCUT2D eigenvalue weighted by molar-refractivity contribution is 7.18. The zero-order valence-electron chi connectivity index (χ0n) is 11.6. The molecule has 7 heteroatoms. The number of rotatable bonds is 5. The highest BCUT2D eigenvalue weighted by Gasteiger charge is 2.15. The molecule has 0 aromatic carbocycles. The van der Waals surface area contributed by atoms with Gasteiger partial charge in [0.25, 0.3) is 5.91 Å². The van der Waals surface area contributed by atoms with Crippen LogP contribution >= 0.6 is 11.3 Å². The molecule has 2 aromatic heterocycles. The number of pyridine rings is 1. The fourth-order valence-electron chi connectivity index (χ4n) is 1.61. The molecule has 0 aliphatic rings. The maximum Gasteiger partial charge on any atom is 0.348 e. The number of hydrogen-bond acceptors (Lipinski definition) is 6.